The molecule has 0 aliphatic carbocycles. The second-order valence-electron chi connectivity index (χ2n) is 3.70. The summed E-state index contributed by atoms with van der Waals surface area (Å²) in [6.07, 6.45) is 1.12. The minimum atomic E-state index is -3.13. The van der Waals surface area contributed by atoms with Crippen LogP contribution in [0.4, 0.5) is 11.6 Å². The summed E-state index contributed by atoms with van der Waals surface area (Å²) in [4.78, 5) is 11.5. The molecule has 0 radical (unpaired) electrons. The number of anilines is 2. The van der Waals surface area contributed by atoms with Gasteiger partial charge in [-0.15, -0.1) is 0 Å². The highest BCUT2D eigenvalue weighted by Crippen LogP contribution is 2.22. The van der Waals surface area contributed by atoms with Gasteiger partial charge in [0.2, 0.25) is 0 Å². The Labute approximate surface area is 105 Å². The molecule has 0 aromatic carbocycles. The predicted octanol–water partition coefficient (Wildman–Crippen LogP) is -0.662. The summed E-state index contributed by atoms with van der Waals surface area (Å²) in [6, 6.07) is 0. The Kier molecular flexibility index (Phi) is 4.17. The normalized spacial score (nSPS) is 11.3. The van der Waals surface area contributed by atoms with Crippen LogP contribution in [0.5, 0.6) is 0 Å². The first-order valence-corrected chi connectivity index (χ1v) is 7.16. The number of nitrogens with two attached hydrogens (primary N) is 1. The summed E-state index contributed by atoms with van der Waals surface area (Å²) in [6.45, 7) is 0.0797. The molecule has 102 valence electrons. The van der Waals surface area contributed by atoms with E-state index in [-0.39, 0.29) is 29.5 Å². The number of carbonyl (C=O) groups is 1. The van der Waals surface area contributed by atoms with E-state index in [4.69, 9.17) is 5.73 Å². The summed E-state index contributed by atoms with van der Waals surface area (Å²) in [7, 11) is -0.318. The number of methoxy groups -OCH3 is 1. The first-order chi connectivity index (χ1) is 8.30. The standard InChI is InChI=1S/C9H16N4O4S/c1-11-8-6(9(14)17-2)7(10)13(12-8)4-5-18(3,15)16/h4-5,10H2,1-3H3,(H,11,12). The number of aromatic nitrogens is 2. The number of hydrogen-bond acceptors (Lipinski definition) is 7. The molecule has 1 aromatic heterocycles. The SMILES string of the molecule is CNc1nn(CCS(C)(=O)=O)c(N)c1C(=O)OC. The molecule has 0 aliphatic heterocycles. The monoisotopic (exact) mass is 276 g/mol. The largest absolute Gasteiger partial charge is 0.465 e. The maximum Gasteiger partial charge on any atom is 0.345 e. The molecule has 0 bridgehead atoms. The van der Waals surface area contributed by atoms with Crippen LogP contribution in [0.3, 0.4) is 0 Å². The number of carbonyl (C=O) groups excluding carboxylic acids is 1. The van der Waals surface area contributed by atoms with Crippen LogP contribution in [0.25, 0.3) is 0 Å². The van der Waals surface area contributed by atoms with E-state index in [9.17, 15) is 13.2 Å². The first-order valence-electron chi connectivity index (χ1n) is 5.10. The Morgan fingerprint density at radius 3 is 2.61 bits per heavy atom. The molecule has 0 fully saturated rings. The number of nitrogen functional groups attached to an aromatic ring is 1. The molecule has 0 unspecified atom stereocenters. The van der Waals surface area contributed by atoms with Gasteiger partial charge in [-0.2, -0.15) is 5.10 Å². The van der Waals surface area contributed by atoms with E-state index in [0.29, 0.717) is 0 Å². The fourth-order valence-electron chi connectivity index (χ4n) is 1.38. The molecule has 0 atom stereocenters. The van der Waals surface area contributed by atoms with Crippen LogP contribution in [0, 0.1) is 0 Å². The third kappa shape index (κ3) is 3.13. The third-order valence-corrected chi connectivity index (χ3v) is 3.22. The van der Waals surface area contributed by atoms with Crippen LogP contribution >= 0.6 is 0 Å². The van der Waals surface area contributed by atoms with Crippen molar-refractivity contribution < 1.29 is 17.9 Å². The topological polar surface area (TPSA) is 116 Å². The highest BCUT2D eigenvalue weighted by Gasteiger charge is 2.22. The minimum absolute atomic E-state index is 0.0786. The summed E-state index contributed by atoms with van der Waals surface area (Å²) in [5, 5.41) is 6.72. The molecule has 1 aromatic rings. The van der Waals surface area contributed by atoms with Gasteiger partial charge in [0.1, 0.15) is 21.2 Å². The Morgan fingerprint density at radius 1 is 1.56 bits per heavy atom. The molecule has 0 saturated carbocycles. The summed E-state index contributed by atoms with van der Waals surface area (Å²) in [5.74, 6) is -0.395. The molecule has 0 saturated heterocycles. The molecule has 0 spiro atoms. The van der Waals surface area contributed by atoms with Gasteiger partial charge in [0.15, 0.2) is 5.82 Å². The molecule has 0 amide bonds. The number of nitrogens with zero attached hydrogens (tertiary/aromatic N) is 2. The maximum absolute atomic E-state index is 11.5. The van der Waals surface area contributed by atoms with Crippen molar-refractivity contribution in [1.29, 1.82) is 0 Å². The molecule has 8 nitrogen and oxygen atoms in total. The van der Waals surface area contributed by atoms with Gasteiger partial charge in [-0.1, -0.05) is 0 Å². The van der Waals surface area contributed by atoms with Crippen LogP contribution in [0.15, 0.2) is 0 Å². The molecule has 0 aliphatic rings. The van der Waals surface area contributed by atoms with E-state index in [0.717, 1.165) is 6.26 Å². The average Bonchev–Trinajstić information content (AvgIpc) is 2.61. The Morgan fingerprint density at radius 2 is 2.17 bits per heavy atom. The second kappa shape index (κ2) is 5.25. The zero-order valence-corrected chi connectivity index (χ0v) is 11.2. The van der Waals surface area contributed by atoms with Crippen molar-refractivity contribution in [1.82, 2.24) is 9.78 Å². The molecule has 1 heterocycles. The van der Waals surface area contributed by atoms with Crippen LogP contribution in [-0.4, -0.2) is 50.3 Å². The second-order valence-corrected chi connectivity index (χ2v) is 5.96. The van der Waals surface area contributed by atoms with Crippen LogP contribution in [-0.2, 0) is 21.1 Å². The average molecular weight is 276 g/mol. The maximum atomic E-state index is 11.5. The van der Waals surface area contributed by atoms with Gasteiger partial charge in [-0.25, -0.2) is 17.9 Å². The molecule has 9 heteroatoms. The van der Waals surface area contributed by atoms with Crippen molar-refractivity contribution in [3.63, 3.8) is 0 Å². The van der Waals surface area contributed by atoms with Crippen molar-refractivity contribution in [2.45, 2.75) is 6.54 Å². The third-order valence-electron chi connectivity index (χ3n) is 2.29. The molecular weight excluding hydrogens is 260 g/mol. The predicted molar refractivity (Wildman–Crippen MR) is 67.2 cm³/mol. The van der Waals surface area contributed by atoms with E-state index in [1.165, 1.54) is 11.8 Å². The number of hydrogen-bond donors (Lipinski definition) is 2. The number of esters is 1. The fraction of sp³-hybridized carbons (Fsp3) is 0.556. The lowest BCUT2D eigenvalue weighted by molar-refractivity contribution is 0.0603. The minimum Gasteiger partial charge on any atom is -0.465 e. The summed E-state index contributed by atoms with van der Waals surface area (Å²) < 4.78 is 28.0. The van der Waals surface area contributed by atoms with Gasteiger partial charge in [-0.05, 0) is 0 Å². The molecule has 3 N–H and O–H groups in total. The lowest BCUT2D eigenvalue weighted by Crippen LogP contribution is -2.15. The Bertz CT molecular complexity index is 549. The number of ether oxygens (including phenoxy) is 1. The molecular formula is C9H16N4O4S. The van der Waals surface area contributed by atoms with Crippen molar-refractivity contribution in [3.05, 3.63) is 5.56 Å². The first kappa shape index (κ1) is 14.3. The van der Waals surface area contributed by atoms with Gasteiger partial charge in [-0.3, -0.25) is 0 Å². The number of rotatable bonds is 5. The highest BCUT2D eigenvalue weighted by atomic mass is 32.2. The fourth-order valence-corrected chi connectivity index (χ4v) is 1.88. The summed E-state index contributed by atoms with van der Waals surface area (Å²) >= 11 is 0. The molecule has 1 rings (SSSR count). The van der Waals surface area contributed by atoms with Crippen molar-refractivity contribution in [2.24, 2.45) is 0 Å². The zero-order valence-electron chi connectivity index (χ0n) is 10.4. The van der Waals surface area contributed by atoms with Gasteiger partial charge in [0.25, 0.3) is 0 Å². The van der Waals surface area contributed by atoms with Gasteiger partial charge < -0.3 is 15.8 Å². The van der Waals surface area contributed by atoms with E-state index in [1.54, 1.807) is 7.05 Å². The van der Waals surface area contributed by atoms with Crippen molar-refractivity contribution in [3.8, 4) is 0 Å². The van der Waals surface area contributed by atoms with Gasteiger partial charge in [0.05, 0.1) is 19.4 Å². The van der Waals surface area contributed by atoms with Gasteiger partial charge in [0, 0.05) is 13.3 Å². The van der Waals surface area contributed by atoms with E-state index in [2.05, 4.69) is 15.2 Å². The van der Waals surface area contributed by atoms with E-state index < -0.39 is 15.8 Å². The van der Waals surface area contributed by atoms with E-state index in [1.807, 2.05) is 0 Å². The number of nitrogens with one attached hydrogen (secondary N) is 1. The van der Waals surface area contributed by atoms with Crippen molar-refractivity contribution >= 4 is 27.4 Å². The smallest absolute Gasteiger partial charge is 0.345 e. The lowest BCUT2D eigenvalue weighted by Gasteiger charge is -2.03. The van der Waals surface area contributed by atoms with Gasteiger partial charge >= 0.3 is 5.97 Å². The molecule has 18 heavy (non-hydrogen) atoms. The quantitative estimate of drug-likeness (QED) is 0.685. The zero-order chi connectivity index (χ0) is 13.9. The summed E-state index contributed by atoms with van der Waals surface area (Å²) in [5.41, 5.74) is 5.86. The van der Waals surface area contributed by atoms with Crippen LogP contribution in [0.2, 0.25) is 0 Å². The van der Waals surface area contributed by atoms with Crippen LogP contribution < -0.4 is 11.1 Å². The van der Waals surface area contributed by atoms with Crippen molar-refractivity contribution in [2.75, 3.05) is 37.2 Å². The van der Waals surface area contributed by atoms with Crippen LogP contribution in [0.1, 0.15) is 10.4 Å². The highest BCUT2D eigenvalue weighted by molar-refractivity contribution is 7.90. The van der Waals surface area contributed by atoms with E-state index >= 15 is 0 Å². The Balaban J connectivity index is 3.08. The Hall–Kier alpha value is -1.77. The lowest BCUT2D eigenvalue weighted by atomic mass is 10.3. The number of sulfone groups is 1. The number of aryl methyl sites for hydroxylation is 1.